The molecule has 0 saturated carbocycles. The Hall–Kier alpha value is -3.50. The van der Waals surface area contributed by atoms with Gasteiger partial charge in [-0.3, -0.25) is 0 Å². The summed E-state index contributed by atoms with van der Waals surface area (Å²) in [6.45, 7) is 7.33. The van der Waals surface area contributed by atoms with Crippen LogP contribution in [0.4, 0.5) is 0 Å². The normalized spacial score (nSPS) is 12.3. The van der Waals surface area contributed by atoms with E-state index in [1.165, 1.54) is 22.7 Å². The Morgan fingerprint density at radius 3 is 1.77 bits per heavy atom. The first-order valence-electron chi connectivity index (χ1n) is 8.38. The van der Waals surface area contributed by atoms with Crippen molar-refractivity contribution in [2.24, 2.45) is 0 Å². The summed E-state index contributed by atoms with van der Waals surface area (Å²) in [6.07, 6.45) is 0. The Morgan fingerprint density at radius 2 is 1.33 bits per heavy atom. The molecule has 0 spiro atoms. The third kappa shape index (κ3) is 3.46. The van der Waals surface area contributed by atoms with Gasteiger partial charge in [-0.2, -0.15) is 10.5 Å². The maximum atomic E-state index is 9.36. The Morgan fingerprint density at radius 1 is 0.800 bits per heavy atom. The predicted molar refractivity (Wildman–Crippen MR) is 122 cm³/mol. The largest absolute Gasteiger partial charge is 0.278 e. The topological polar surface area (TPSA) is 75.7 Å². The van der Waals surface area contributed by atoms with E-state index in [0.717, 1.165) is 29.9 Å². The highest BCUT2D eigenvalue weighted by molar-refractivity contribution is 7.16. The fraction of sp³-hybridized carbons (Fsp3) is 0. The number of nitriles is 3. The zero-order valence-corrected chi connectivity index (χ0v) is 18.3. The third-order valence-corrected chi connectivity index (χ3v) is 8.43. The molecule has 0 N–H and O–H groups in total. The average Bonchev–Trinajstić information content (AvgIpc) is 3.55. The van der Waals surface area contributed by atoms with Gasteiger partial charge in [0.05, 0.1) is 26.2 Å². The maximum absolute atomic E-state index is 9.36. The molecule has 0 aromatic carbocycles. The Labute approximate surface area is 187 Å². The maximum Gasteiger partial charge on any atom is 0.278 e. The van der Waals surface area contributed by atoms with E-state index in [4.69, 9.17) is 6.57 Å². The van der Waals surface area contributed by atoms with E-state index in [1.807, 2.05) is 65.4 Å². The van der Waals surface area contributed by atoms with E-state index >= 15 is 0 Å². The van der Waals surface area contributed by atoms with Crippen LogP contribution in [-0.4, -0.2) is 0 Å². The molecule has 0 amide bonds. The van der Waals surface area contributed by atoms with Gasteiger partial charge in [0.2, 0.25) is 0 Å². The Balaban J connectivity index is 2.30. The molecule has 0 atom stereocenters. The van der Waals surface area contributed by atoms with Crippen molar-refractivity contribution < 1.29 is 0 Å². The molecule has 4 heterocycles. The minimum atomic E-state index is 0.0554. The second-order valence-corrected chi connectivity index (χ2v) is 9.83. The van der Waals surface area contributed by atoms with Crippen LogP contribution in [0.1, 0.15) is 0 Å². The lowest BCUT2D eigenvalue weighted by Crippen LogP contribution is -1.94. The van der Waals surface area contributed by atoms with E-state index in [1.54, 1.807) is 22.7 Å². The van der Waals surface area contributed by atoms with Crippen molar-refractivity contribution in [3.8, 4) is 39.1 Å². The molecule has 4 rings (SSSR count). The van der Waals surface area contributed by atoms with E-state index in [9.17, 15) is 15.8 Å². The van der Waals surface area contributed by atoms with Crippen LogP contribution in [0.25, 0.3) is 37.0 Å². The molecule has 8 heteroatoms. The summed E-state index contributed by atoms with van der Waals surface area (Å²) in [6, 6.07) is 17.6. The molecule has 0 aliphatic carbocycles. The standard InChI is InChI=1S/C22H8N4S4/c1-26-16(12-25)20-9-15(18-5-3-7-28-18)22(30-20)21-14(17-4-2-6-27-17)8-19(29-21)13(10-23)11-24/h2-9H/b20-16+,22-21+. The summed E-state index contributed by atoms with van der Waals surface area (Å²) in [7, 11) is 0. The zero-order chi connectivity index (χ0) is 21.1. The molecule has 4 aromatic rings. The first-order chi connectivity index (χ1) is 14.7. The highest BCUT2D eigenvalue weighted by Crippen LogP contribution is 2.32. The average molecular weight is 457 g/mol. The Bertz CT molecular complexity index is 1470. The SMILES string of the molecule is [C-]#[N+]/C(C#N)=c1\cc(-c2cccs2)/c(=c2\sc(=C(C#N)C#N)cc2-c2cccs2)s1. The van der Waals surface area contributed by atoms with Gasteiger partial charge in [-0.15, -0.1) is 45.3 Å². The fourth-order valence-electron chi connectivity index (χ4n) is 2.86. The van der Waals surface area contributed by atoms with Crippen molar-refractivity contribution >= 4 is 56.6 Å². The lowest BCUT2D eigenvalue weighted by atomic mass is 10.2. The lowest BCUT2D eigenvalue weighted by molar-refractivity contribution is 1.51. The molecule has 0 saturated heterocycles. The van der Waals surface area contributed by atoms with E-state index in [-0.39, 0.29) is 11.3 Å². The molecule has 4 aromatic heterocycles. The second-order valence-electron chi connectivity index (χ2n) is 5.83. The van der Waals surface area contributed by atoms with Gasteiger partial charge in [0.25, 0.3) is 5.70 Å². The first kappa shape index (κ1) is 19.8. The minimum Gasteiger partial charge on any atom is -0.225 e. The third-order valence-electron chi connectivity index (χ3n) is 4.16. The highest BCUT2D eigenvalue weighted by atomic mass is 32.1. The van der Waals surface area contributed by atoms with Crippen molar-refractivity contribution in [2.75, 3.05) is 0 Å². The fourth-order valence-corrected chi connectivity index (χ4v) is 6.87. The van der Waals surface area contributed by atoms with Gasteiger partial charge < -0.3 is 0 Å². The van der Waals surface area contributed by atoms with Gasteiger partial charge in [0.1, 0.15) is 17.7 Å². The molecule has 0 radical (unpaired) electrons. The molecule has 0 aliphatic rings. The van der Waals surface area contributed by atoms with Crippen molar-refractivity contribution in [2.45, 2.75) is 0 Å². The number of nitrogens with zero attached hydrogens (tertiary/aromatic N) is 4. The zero-order valence-electron chi connectivity index (χ0n) is 15.0. The summed E-state index contributed by atoms with van der Waals surface area (Å²) in [5, 5.41) is 32.0. The van der Waals surface area contributed by atoms with Crippen LogP contribution in [0.2, 0.25) is 0 Å². The van der Waals surface area contributed by atoms with Crippen LogP contribution in [0.5, 0.6) is 0 Å². The minimum absolute atomic E-state index is 0.0554. The number of hydrogen-bond donors (Lipinski definition) is 0. The van der Waals surface area contributed by atoms with Crippen molar-refractivity contribution in [1.82, 2.24) is 0 Å². The van der Waals surface area contributed by atoms with E-state index < -0.39 is 0 Å². The summed E-state index contributed by atoms with van der Waals surface area (Å²) in [5.74, 6) is 0. The van der Waals surface area contributed by atoms with Gasteiger partial charge in [0, 0.05) is 25.4 Å². The van der Waals surface area contributed by atoms with Crippen molar-refractivity contribution in [1.29, 1.82) is 15.8 Å². The molecule has 30 heavy (non-hydrogen) atoms. The number of thiophene rings is 4. The molecule has 140 valence electrons. The first-order valence-corrected chi connectivity index (χ1v) is 11.8. The van der Waals surface area contributed by atoms with Crippen LogP contribution in [0, 0.1) is 49.6 Å². The van der Waals surface area contributed by atoms with Crippen LogP contribution in [-0.2, 0) is 0 Å². The molecule has 4 nitrogen and oxygen atoms in total. The molecule has 0 bridgehead atoms. The van der Waals surface area contributed by atoms with Crippen molar-refractivity contribution in [3.63, 3.8) is 0 Å². The smallest absolute Gasteiger partial charge is 0.225 e. The summed E-state index contributed by atoms with van der Waals surface area (Å²) < 4.78 is 3.08. The quantitative estimate of drug-likeness (QED) is 0.384. The van der Waals surface area contributed by atoms with Gasteiger partial charge in [-0.05, 0) is 35.0 Å². The van der Waals surface area contributed by atoms with E-state index in [2.05, 4.69) is 4.85 Å². The molecular formula is C22H8N4S4. The monoisotopic (exact) mass is 456 g/mol. The number of hydrogen-bond acceptors (Lipinski definition) is 7. The van der Waals surface area contributed by atoms with E-state index in [0.29, 0.717) is 9.06 Å². The summed E-state index contributed by atoms with van der Waals surface area (Å²) >= 11 is 5.95. The molecular weight excluding hydrogens is 449 g/mol. The highest BCUT2D eigenvalue weighted by Gasteiger charge is 2.13. The van der Waals surface area contributed by atoms with Gasteiger partial charge in [-0.1, -0.05) is 12.1 Å². The van der Waals surface area contributed by atoms with Crippen LogP contribution >= 0.6 is 45.3 Å². The van der Waals surface area contributed by atoms with Gasteiger partial charge in [0.15, 0.2) is 0 Å². The van der Waals surface area contributed by atoms with Crippen LogP contribution < -0.4 is 9.06 Å². The molecule has 0 fully saturated rings. The van der Waals surface area contributed by atoms with Crippen molar-refractivity contribution in [3.05, 3.63) is 76.7 Å². The van der Waals surface area contributed by atoms with Crippen LogP contribution in [0.3, 0.4) is 0 Å². The number of rotatable bonds is 2. The Kier molecular flexibility index (Phi) is 5.59. The van der Waals surface area contributed by atoms with Gasteiger partial charge in [-0.25, -0.2) is 10.1 Å². The van der Waals surface area contributed by atoms with Gasteiger partial charge >= 0.3 is 0 Å². The molecule has 0 aliphatic heterocycles. The second kappa shape index (κ2) is 8.47. The summed E-state index contributed by atoms with van der Waals surface area (Å²) in [4.78, 5) is 5.44. The predicted octanol–water partition coefficient (Wildman–Crippen LogP) is 5.30. The molecule has 0 unspecified atom stereocenters. The lowest BCUT2D eigenvalue weighted by Gasteiger charge is -1.94. The van der Waals surface area contributed by atoms with Crippen LogP contribution in [0.15, 0.2) is 47.2 Å². The summed E-state index contributed by atoms with van der Waals surface area (Å²) in [5.41, 5.74) is 2.02.